The summed E-state index contributed by atoms with van der Waals surface area (Å²) >= 11 is 5.89. The largest absolute Gasteiger partial charge is 0.381 e. The lowest BCUT2D eigenvalue weighted by molar-refractivity contribution is 0.507. The first-order valence-corrected chi connectivity index (χ1v) is 5.85. The van der Waals surface area contributed by atoms with Crippen LogP contribution < -0.4 is 5.32 Å². The van der Waals surface area contributed by atoms with E-state index in [1.807, 2.05) is 6.07 Å². The number of rotatable bonds is 3. The van der Waals surface area contributed by atoms with E-state index in [-0.39, 0.29) is 0 Å². The number of nitriles is 1. The molecule has 2 nitrogen and oxygen atoms in total. The van der Waals surface area contributed by atoms with Crippen molar-refractivity contribution in [2.75, 3.05) is 5.32 Å². The second-order valence-electron chi connectivity index (χ2n) is 3.91. The summed E-state index contributed by atoms with van der Waals surface area (Å²) in [4.78, 5) is 0. The monoisotopic (exact) mass is 278 g/mol. The van der Waals surface area contributed by atoms with E-state index in [1.54, 1.807) is 18.2 Å². The van der Waals surface area contributed by atoms with E-state index in [9.17, 15) is 8.78 Å². The van der Waals surface area contributed by atoms with Gasteiger partial charge in [0.2, 0.25) is 0 Å². The minimum atomic E-state index is -0.878. The second-order valence-corrected chi connectivity index (χ2v) is 4.32. The molecule has 2 aromatic carbocycles. The van der Waals surface area contributed by atoms with E-state index in [0.717, 1.165) is 12.1 Å². The van der Waals surface area contributed by atoms with E-state index in [1.165, 1.54) is 6.07 Å². The van der Waals surface area contributed by atoms with Gasteiger partial charge in [-0.25, -0.2) is 8.78 Å². The summed E-state index contributed by atoms with van der Waals surface area (Å²) in [6, 6.07) is 10.6. The molecule has 0 radical (unpaired) electrons. The molecule has 5 heteroatoms. The predicted molar refractivity (Wildman–Crippen MR) is 69.9 cm³/mol. The number of nitrogens with one attached hydrogen (secondary N) is 1. The van der Waals surface area contributed by atoms with Gasteiger partial charge in [-0.1, -0.05) is 17.7 Å². The molecule has 0 aliphatic heterocycles. The Kier molecular flexibility index (Phi) is 3.98. The molecule has 0 unspecified atom stereocenters. The van der Waals surface area contributed by atoms with Gasteiger partial charge in [-0.2, -0.15) is 5.26 Å². The lowest BCUT2D eigenvalue weighted by Crippen LogP contribution is -2.00. The van der Waals surface area contributed by atoms with Crippen LogP contribution >= 0.6 is 11.6 Å². The quantitative estimate of drug-likeness (QED) is 0.917. The van der Waals surface area contributed by atoms with Gasteiger partial charge < -0.3 is 5.32 Å². The summed E-state index contributed by atoms with van der Waals surface area (Å²) in [7, 11) is 0. The Bertz CT molecular complexity index is 650. The summed E-state index contributed by atoms with van der Waals surface area (Å²) < 4.78 is 25.8. The molecule has 96 valence electrons. The molecule has 1 N–H and O–H groups in total. The van der Waals surface area contributed by atoms with Crippen LogP contribution in [0.15, 0.2) is 36.4 Å². The van der Waals surface area contributed by atoms with Crippen LogP contribution in [-0.2, 0) is 6.54 Å². The summed E-state index contributed by atoms with van der Waals surface area (Å²) in [5.74, 6) is -1.75. The van der Waals surface area contributed by atoms with Gasteiger partial charge >= 0.3 is 0 Å². The maximum atomic E-state index is 13.0. The van der Waals surface area contributed by atoms with Crippen molar-refractivity contribution < 1.29 is 8.78 Å². The molecule has 0 saturated carbocycles. The molecule has 0 amide bonds. The molecule has 0 heterocycles. The van der Waals surface area contributed by atoms with Gasteiger partial charge in [0.05, 0.1) is 10.6 Å². The second kappa shape index (κ2) is 5.68. The van der Waals surface area contributed by atoms with Crippen molar-refractivity contribution in [2.24, 2.45) is 0 Å². The summed E-state index contributed by atoms with van der Waals surface area (Å²) in [6.07, 6.45) is 0. The highest BCUT2D eigenvalue weighted by atomic mass is 35.5. The molecule has 0 bridgehead atoms. The van der Waals surface area contributed by atoms with E-state index in [0.29, 0.717) is 28.4 Å². The van der Waals surface area contributed by atoms with Gasteiger partial charge in [0.1, 0.15) is 6.07 Å². The minimum Gasteiger partial charge on any atom is -0.381 e. The molecular weight excluding hydrogens is 270 g/mol. The predicted octanol–water partition coefficient (Wildman–Crippen LogP) is 4.10. The first kappa shape index (κ1) is 13.3. The van der Waals surface area contributed by atoms with Crippen molar-refractivity contribution in [1.82, 2.24) is 0 Å². The zero-order chi connectivity index (χ0) is 13.8. The third-order valence-corrected chi connectivity index (χ3v) is 2.88. The van der Waals surface area contributed by atoms with Crippen LogP contribution in [0.4, 0.5) is 14.5 Å². The SMILES string of the molecule is N#Cc1ccc(NCc2ccc(F)c(F)c2)cc1Cl. The van der Waals surface area contributed by atoms with Crippen molar-refractivity contribution in [3.8, 4) is 6.07 Å². The van der Waals surface area contributed by atoms with Crippen LogP contribution in [0.1, 0.15) is 11.1 Å². The smallest absolute Gasteiger partial charge is 0.159 e. The molecular formula is C14H9ClF2N2. The average molecular weight is 279 g/mol. The van der Waals surface area contributed by atoms with Crippen molar-refractivity contribution in [1.29, 1.82) is 5.26 Å². The molecule has 19 heavy (non-hydrogen) atoms. The van der Waals surface area contributed by atoms with Crippen LogP contribution in [-0.4, -0.2) is 0 Å². The number of halogens is 3. The van der Waals surface area contributed by atoms with Crippen molar-refractivity contribution in [3.05, 3.63) is 64.2 Å². The van der Waals surface area contributed by atoms with Gasteiger partial charge in [0, 0.05) is 12.2 Å². The summed E-state index contributed by atoms with van der Waals surface area (Å²) in [5.41, 5.74) is 1.70. The fourth-order valence-electron chi connectivity index (χ4n) is 1.57. The lowest BCUT2D eigenvalue weighted by Gasteiger charge is -2.07. The Morgan fingerprint density at radius 3 is 2.53 bits per heavy atom. The Morgan fingerprint density at radius 2 is 1.89 bits per heavy atom. The van der Waals surface area contributed by atoms with E-state index in [2.05, 4.69) is 5.32 Å². The topological polar surface area (TPSA) is 35.8 Å². The van der Waals surface area contributed by atoms with Crippen LogP contribution in [0, 0.1) is 23.0 Å². The molecule has 2 aromatic rings. The fraction of sp³-hybridized carbons (Fsp3) is 0.0714. The molecule has 0 aliphatic carbocycles. The molecule has 0 aromatic heterocycles. The minimum absolute atomic E-state index is 0.333. The lowest BCUT2D eigenvalue weighted by atomic mass is 10.2. The van der Waals surface area contributed by atoms with Crippen LogP contribution in [0.3, 0.4) is 0 Å². The fourth-order valence-corrected chi connectivity index (χ4v) is 1.79. The Morgan fingerprint density at radius 1 is 1.11 bits per heavy atom. The summed E-state index contributed by atoms with van der Waals surface area (Å²) in [6.45, 7) is 0.333. The number of nitrogens with zero attached hydrogens (tertiary/aromatic N) is 1. The molecule has 2 rings (SSSR count). The molecule has 0 atom stereocenters. The third-order valence-electron chi connectivity index (χ3n) is 2.57. The normalized spacial score (nSPS) is 10.0. The van der Waals surface area contributed by atoms with E-state index >= 15 is 0 Å². The highest BCUT2D eigenvalue weighted by Gasteiger charge is 2.04. The van der Waals surface area contributed by atoms with Crippen molar-refractivity contribution >= 4 is 17.3 Å². The Balaban J connectivity index is 2.08. The molecule has 0 aliphatic rings. The van der Waals surface area contributed by atoms with Crippen molar-refractivity contribution in [2.45, 2.75) is 6.54 Å². The first-order chi connectivity index (χ1) is 9.10. The number of hydrogen-bond donors (Lipinski definition) is 1. The van der Waals surface area contributed by atoms with E-state index in [4.69, 9.17) is 16.9 Å². The maximum absolute atomic E-state index is 13.0. The number of anilines is 1. The number of benzene rings is 2. The molecule has 0 saturated heterocycles. The third kappa shape index (κ3) is 3.21. The highest BCUT2D eigenvalue weighted by molar-refractivity contribution is 6.32. The van der Waals surface area contributed by atoms with Crippen LogP contribution in [0.2, 0.25) is 5.02 Å². The first-order valence-electron chi connectivity index (χ1n) is 5.47. The van der Waals surface area contributed by atoms with Gasteiger partial charge in [0.25, 0.3) is 0 Å². The maximum Gasteiger partial charge on any atom is 0.159 e. The zero-order valence-corrected chi connectivity index (χ0v) is 10.5. The van der Waals surface area contributed by atoms with Crippen LogP contribution in [0.5, 0.6) is 0 Å². The standard InChI is InChI=1S/C14H9ClF2N2/c15-12-6-11(3-2-10(12)7-18)19-8-9-1-4-13(16)14(17)5-9/h1-6,19H,8H2. The van der Waals surface area contributed by atoms with Gasteiger partial charge in [-0.15, -0.1) is 0 Å². The van der Waals surface area contributed by atoms with Crippen molar-refractivity contribution in [3.63, 3.8) is 0 Å². The molecule has 0 spiro atoms. The highest BCUT2D eigenvalue weighted by Crippen LogP contribution is 2.20. The van der Waals surface area contributed by atoms with E-state index < -0.39 is 11.6 Å². The zero-order valence-electron chi connectivity index (χ0n) is 9.75. The average Bonchev–Trinajstić information content (AvgIpc) is 2.40. The van der Waals surface area contributed by atoms with Gasteiger partial charge in [-0.05, 0) is 35.9 Å². The van der Waals surface area contributed by atoms with Gasteiger partial charge in [0.15, 0.2) is 11.6 Å². The Hall–Kier alpha value is -2.12. The molecule has 0 fully saturated rings. The summed E-state index contributed by atoms with van der Waals surface area (Å²) in [5, 5.41) is 12.1. The van der Waals surface area contributed by atoms with Crippen LogP contribution in [0.25, 0.3) is 0 Å². The van der Waals surface area contributed by atoms with Gasteiger partial charge in [-0.3, -0.25) is 0 Å². The Labute approximate surface area is 114 Å². The number of hydrogen-bond acceptors (Lipinski definition) is 2.